The monoisotopic (exact) mass is 427 g/mol. The summed E-state index contributed by atoms with van der Waals surface area (Å²) in [6, 6.07) is 9.98. The van der Waals surface area contributed by atoms with Gasteiger partial charge in [0.15, 0.2) is 5.16 Å². The highest BCUT2D eigenvalue weighted by atomic mass is 32.2. The second kappa shape index (κ2) is 8.06. The summed E-state index contributed by atoms with van der Waals surface area (Å²) in [5.74, 6) is 0.632. The van der Waals surface area contributed by atoms with E-state index < -0.39 is 0 Å². The predicted octanol–water partition coefficient (Wildman–Crippen LogP) is 3.22. The van der Waals surface area contributed by atoms with E-state index in [1.54, 1.807) is 4.57 Å². The van der Waals surface area contributed by atoms with Crippen molar-refractivity contribution in [1.29, 1.82) is 0 Å². The van der Waals surface area contributed by atoms with Gasteiger partial charge in [0.1, 0.15) is 0 Å². The highest BCUT2D eigenvalue weighted by Gasteiger charge is 2.60. The lowest BCUT2D eigenvalue weighted by molar-refractivity contribution is -0.118. The normalized spacial score (nSPS) is 25.7. The molecule has 160 valence electrons. The Bertz CT molecular complexity index is 1010. The number of carbonyl (C=O) groups is 1. The summed E-state index contributed by atoms with van der Waals surface area (Å²) in [6.07, 6.45) is 4.07. The van der Waals surface area contributed by atoms with Crippen molar-refractivity contribution in [2.45, 2.75) is 58.2 Å². The second-order valence-electron chi connectivity index (χ2n) is 9.07. The molecular formula is C22H29N5O2S. The molecule has 1 aromatic carbocycles. The summed E-state index contributed by atoms with van der Waals surface area (Å²) in [6.45, 7) is 7.42. The van der Waals surface area contributed by atoms with Gasteiger partial charge in [-0.15, -0.1) is 5.10 Å². The number of thioether (sulfide) groups is 1. The fourth-order valence-electron chi connectivity index (χ4n) is 4.89. The predicted molar refractivity (Wildman–Crippen MR) is 119 cm³/mol. The minimum Gasteiger partial charge on any atom is -0.272 e. The van der Waals surface area contributed by atoms with Crippen LogP contribution in [0.1, 0.15) is 45.6 Å². The van der Waals surface area contributed by atoms with Gasteiger partial charge in [0.25, 0.3) is 5.91 Å². The lowest BCUT2D eigenvalue weighted by Gasteiger charge is -2.34. The standard InChI is InChI=1S/C22H29N5O2S/c1-21(2)16-9-11-22(21,3)17(13-16)23-24-18(28)14-30-20-26-25-19(29)27(20)12-10-15-7-5-4-6-8-15/h4-8,16H,9-14H2,1-3H3,(H,24,28)(H,25,29)/b23-17-. The van der Waals surface area contributed by atoms with E-state index in [1.165, 1.54) is 18.2 Å². The Morgan fingerprint density at radius 1 is 1.33 bits per heavy atom. The van der Waals surface area contributed by atoms with E-state index in [1.807, 2.05) is 30.3 Å². The van der Waals surface area contributed by atoms with Gasteiger partial charge in [0.2, 0.25) is 0 Å². The summed E-state index contributed by atoms with van der Waals surface area (Å²) in [7, 11) is 0. The van der Waals surface area contributed by atoms with E-state index >= 15 is 0 Å². The largest absolute Gasteiger partial charge is 0.343 e. The molecule has 2 aliphatic rings. The Morgan fingerprint density at radius 3 is 2.77 bits per heavy atom. The van der Waals surface area contributed by atoms with Crippen molar-refractivity contribution >= 4 is 23.4 Å². The molecule has 2 aromatic rings. The van der Waals surface area contributed by atoms with E-state index in [0.29, 0.717) is 17.6 Å². The van der Waals surface area contributed by atoms with Crippen LogP contribution in [0.5, 0.6) is 0 Å². The first-order chi connectivity index (χ1) is 14.3. The maximum atomic E-state index is 12.4. The smallest absolute Gasteiger partial charge is 0.272 e. The maximum Gasteiger partial charge on any atom is 0.343 e. The quantitative estimate of drug-likeness (QED) is 0.524. The number of hydrogen-bond donors (Lipinski definition) is 2. The minimum absolute atomic E-state index is 0.0677. The first-order valence-electron chi connectivity index (χ1n) is 10.5. The van der Waals surface area contributed by atoms with E-state index in [-0.39, 0.29) is 28.2 Å². The van der Waals surface area contributed by atoms with E-state index in [4.69, 9.17) is 0 Å². The minimum atomic E-state index is -0.258. The third-order valence-electron chi connectivity index (χ3n) is 7.35. The van der Waals surface area contributed by atoms with Gasteiger partial charge in [0.05, 0.1) is 5.75 Å². The molecule has 2 aliphatic carbocycles. The fourth-order valence-corrected chi connectivity index (χ4v) is 5.65. The van der Waals surface area contributed by atoms with Crippen LogP contribution in [-0.2, 0) is 17.8 Å². The molecule has 2 unspecified atom stereocenters. The molecule has 1 aromatic heterocycles. The van der Waals surface area contributed by atoms with Crippen molar-refractivity contribution in [2.24, 2.45) is 21.8 Å². The van der Waals surface area contributed by atoms with Crippen molar-refractivity contribution in [1.82, 2.24) is 20.2 Å². The van der Waals surface area contributed by atoms with E-state index in [2.05, 4.69) is 41.5 Å². The van der Waals surface area contributed by atoms with Crippen LogP contribution in [0.15, 0.2) is 45.4 Å². The van der Waals surface area contributed by atoms with Gasteiger partial charge in [0, 0.05) is 17.7 Å². The number of nitrogens with zero attached hydrogens (tertiary/aromatic N) is 3. The average Bonchev–Trinajstić information content (AvgIpc) is 3.26. The topological polar surface area (TPSA) is 92.1 Å². The number of benzene rings is 1. The molecule has 2 atom stereocenters. The summed E-state index contributed by atoms with van der Waals surface area (Å²) < 4.78 is 1.58. The molecule has 4 rings (SSSR count). The molecule has 2 fully saturated rings. The molecule has 0 radical (unpaired) electrons. The van der Waals surface area contributed by atoms with Gasteiger partial charge in [-0.1, -0.05) is 62.9 Å². The fraction of sp³-hybridized carbons (Fsp3) is 0.545. The zero-order chi connectivity index (χ0) is 21.4. The number of aryl methyl sites for hydroxylation is 1. The number of amides is 1. The Kier molecular flexibility index (Phi) is 5.61. The lowest BCUT2D eigenvalue weighted by Crippen LogP contribution is -2.34. The molecule has 8 heteroatoms. The van der Waals surface area contributed by atoms with Crippen molar-refractivity contribution in [3.8, 4) is 0 Å². The molecule has 2 N–H and O–H groups in total. The molecule has 1 heterocycles. The van der Waals surface area contributed by atoms with Gasteiger partial charge in [-0.2, -0.15) is 5.10 Å². The van der Waals surface area contributed by atoms with Crippen LogP contribution in [0, 0.1) is 16.7 Å². The number of nitrogens with one attached hydrogen (secondary N) is 2. The highest BCUT2D eigenvalue weighted by molar-refractivity contribution is 7.99. The van der Waals surface area contributed by atoms with Crippen LogP contribution in [0.4, 0.5) is 0 Å². The highest BCUT2D eigenvalue weighted by Crippen LogP contribution is 2.63. The zero-order valence-corrected chi connectivity index (χ0v) is 18.6. The maximum absolute atomic E-state index is 12.4. The molecule has 0 spiro atoms. The molecule has 2 bridgehead atoms. The van der Waals surface area contributed by atoms with E-state index in [0.717, 1.165) is 30.5 Å². The van der Waals surface area contributed by atoms with Crippen molar-refractivity contribution < 1.29 is 4.79 Å². The summed E-state index contributed by atoms with van der Waals surface area (Å²) in [4.78, 5) is 24.5. The number of hydrazone groups is 1. The number of aromatic nitrogens is 3. The lowest BCUT2D eigenvalue weighted by atomic mass is 9.70. The van der Waals surface area contributed by atoms with Crippen LogP contribution in [0.2, 0.25) is 0 Å². The van der Waals surface area contributed by atoms with Gasteiger partial charge in [-0.25, -0.2) is 15.3 Å². The van der Waals surface area contributed by atoms with Crippen molar-refractivity contribution in [3.63, 3.8) is 0 Å². The number of carbonyl (C=O) groups excluding carboxylic acids is 1. The third-order valence-corrected chi connectivity index (χ3v) is 8.33. The Hall–Kier alpha value is -2.35. The number of fused-ring (bicyclic) bond motifs is 2. The number of hydrogen-bond acceptors (Lipinski definition) is 5. The Labute approximate surface area is 180 Å². The van der Waals surface area contributed by atoms with Crippen molar-refractivity contribution in [3.05, 3.63) is 46.4 Å². The third kappa shape index (κ3) is 3.73. The second-order valence-corrected chi connectivity index (χ2v) is 10.0. The Morgan fingerprint density at radius 2 is 2.10 bits per heavy atom. The molecule has 7 nitrogen and oxygen atoms in total. The van der Waals surface area contributed by atoms with Gasteiger partial charge in [-0.05, 0) is 42.6 Å². The van der Waals surface area contributed by atoms with Gasteiger partial charge in [-0.3, -0.25) is 9.36 Å². The number of H-pyrrole nitrogens is 1. The van der Waals surface area contributed by atoms with Crippen LogP contribution >= 0.6 is 11.8 Å². The zero-order valence-electron chi connectivity index (χ0n) is 17.8. The molecule has 1 amide bonds. The first kappa shape index (κ1) is 20.9. The number of aromatic amines is 1. The molecule has 0 aliphatic heterocycles. The summed E-state index contributed by atoms with van der Waals surface area (Å²) >= 11 is 1.25. The summed E-state index contributed by atoms with van der Waals surface area (Å²) in [5, 5.41) is 11.6. The Balaban J connectivity index is 1.33. The van der Waals surface area contributed by atoms with Crippen LogP contribution in [-0.4, -0.2) is 32.1 Å². The molecule has 2 saturated carbocycles. The average molecular weight is 428 g/mol. The summed E-state index contributed by atoms with van der Waals surface area (Å²) in [5.41, 5.74) is 5.03. The van der Waals surface area contributed by atoms with Crippen LogP contribution < -0.4 is 11.1 Å². The molecular weight excluding hydrogens is 398 g/mol. The van der Waals surface area contributed by atoms with E-state index in [9.17, 15) is 9.59 Å². The number of rotatable bonds is 7. The van der Waals surface area contributed by atoms with Gasteiger partial charge >= 0.3 is 5.69 Å². The van der Waals surface area contributed by atoms with Crippen LogP contribution in [0.3, 0.4) is 0 Å². The first-order valence-corrected chi connectivity index (χ1v) is 11.5. The molecule has 30 heavy (non-hydrogen) atoms. The van der Waals surface area contributed by atoms with Gasteiger partial charge < -0.3 is 0 Å². The molecule has 0 saturated heterocycles. The SMILES string of the molecule is CC12CCC(C/C1=N/NC(=O)CSc1n[nH]c(=O)n1CCc1ccccc1)C2(C)C. The van der Waals surface area contributed by atoms with Crippen LogP contribution in [0.25, 0.3) is 0 Å². The van der Waals surface area contributed by atoms with Crippen molar-refractivity contribution in [2.75, 3.05) is 5.75 Å².